The van der Waals surface area contributed by atoms with Gasteiger partial charge in [0.15, 0.2) is 0 Å². The second-order valence-electron chi connectivity index (χ2n) is 15.2. The third-order valence-electron chi connectivity index (χ3n) is 10.1. The first-order valence-corrected chi connectivity index (χ1v) is 23.0. The zero-order chi connectivity index (χ0) is 39.9. The van der Waals surface area contributed by atoms with E-state index in [1.165, 1.54) is 116 Å². The lowest BCUT2D eigenvalue weighted by molar-refractivity contribution is -0.220. The molecule has 1 rings (SSSR count). The SMILES string of the molecule is CCCCCCCC/C=C\CCCCCCCCCCCC(=O)OC(COCCCCCCCCCC)COP(=O)(O)OC1C(O)C(O)C(O)C(O)C1O. The number of hydrogen-bond donors (Lipinski definition) is 6. The van der Waals surface area contributed by atoms with Crippen LogP contribution < -0.4 is 0 Å². The van der Waals surface area contributed by atoms with Crippen molar-refractivity contribution < 1.29 is 58.3 Å². The van der Waals surface area contributed by atoms with E-state index in [0.29, 0.717) is 13.0 Å². The van der Waals surface area contributed by atoms with E-state index in [1.54, 1.807) is 0 Å². The zero-order valence-corrected chi connectivity index (χ0v) is 34.7. The largest absolute Gasteiger partial charge is 0.472 e. The maximum absolute atomic E-state index is 12.7. The first kappa shape index (κ1) is 51.1. The van der Waals surface area contributed by atoms with Crippen LogP contribution in [0.3, 0.4) is 0 Å². The minimum atomic E-state index is -5.00. The highest BCUT2D eigenvalue weighted by molar-refractivity contribution is 7.47. The topological polar surface area (TPSA) is 192 Å². The molecule has 0 amide bonds. The van der Waals surface area contributed by atoms with Crippen molar-refractivity contribution in [2.75, 3.05) is 19.8 Å². The van der Waals surface area contributed by atoms with Crippen LogP contribution in [0.15, 0.2) is 12.2 Å². The van der Waals surface area contributed by atoms with Gasteiger partial charge in [0.2, 0.25) is 0 Å². The number of rotatable bonds is 36. The Morgan fingerprint density at radius 1 is 0.574 bits per heavy atom. The van der Waals surface area contributed by atoms with E-state index >= 15 is 0 Å². The third kappa shape index (κ3) is 25.4. The molecule has 0 heterocycles. The molecule has 0 bridgehead atoms. The molecule has 6 N–H and O–H groups in total. The summed E-state index contributed by atoms with van der Waals surface area (Å²) in [7, 11) is -5.00. The maximum Gasteiger partial charge on any atom is 0.472 e. The maximum atomic E-state index is 12.7. The number of phosphoric ester groups is 1. The smallest absolute Gasteiger partial charge is 0.457 e. The van der Waals surface area contributed by atoms with Crippen LogP contribution in [-0.4, -0.2) is 98.9 Å². The van der Waals surface area contributed by atoms with Gasteiger partial charge in [-0.2, -0.15) is 0 Å². The number of phosphoric acid groups is 1. The normalized spacial score (nSPS) is 23.5. The Bertz CT molecular complexity index is 952. The Labute approximate surface area is 327 Å². The first-order valence-electron chi connectivity index (χ1n) is 21.5. The van der Waals surface area contributed by atoms with Gasteiger partial charge in [-0.25, -0.2) is 4.57 Å². The minimum absolute atomic E-state index is 0.0734. The van der Waals surface area contributed by atoms with Crippen LogP contribution in [0.2, 0.25) is 0 Å². The molecule has 13 heteroatoms. The summed E-state index contributed by atoms with van der Waals surface area (Å²) in [6.45, 7) is 4.22. The van der Waals surface area contributed by atoms with Crippen molar-refractivity contribution in [1.29, 1.82) is 0 Å². The van der Waals surface area contributed by atoms with Crippen molar-refractivity contribution >= 4 is 13.8 Å². The van der Waals surface area contributed by atoms with Crippen molar-refractivity contribution in [3.05, 3.63) is 12.2 Å². The molecule has 320 valence electrons. The Kier molecular flexibility index (Phi) is 31.3. The average Bonchev–Trinajstić information content (AvgIpc) is 3.15. The Morgan fingerprint density at radius 2 is 0.981 bits per heavy atom. The van der Waals surface area contributed by atoms with Crippen LogP contribution in [0.4, 0.5) is 0 Å². The Hall–Kier alpha value is -0.920. The fourth-order valence-corrected chi connectivity index (χ4v) is 7.62. The highest BCUT2D eigenvalue weighted by atomic mass is 31.2. The van der Waals surface area contributed by atoms with Gasteiger partial charge in [-0.15, -0.1) is 0 Å². The summed E-state index contributed by atoms with van der Waals surface area (Å²) in [5.74, 6) is -0.479. The minimum Gasteiger partial charge on any atom is -0.457 e. The molecule has 6 atom stereocenters. The lowest BCUT2D eigenvalue weighted by Gasteiger charge is -2.41. The van der Waals surface area contributed by atoms with Crippen molar-refractivity contribution in [3.8, 4) is 0 Å². The van der Waals surface area contributed by atoms with E-state index in [4.69, 9.17) is 18.5 Å². The summed E-state index contributed by atoms with van der Waals surface area (Å²) in [6, 6.07) is 0. The Balaban J connectivity index is 2.35. The van der Waals surface area contributed by atoms with Crippen LogP contribution in [0.5, 0.6) is 0 Å². The van der Waals surface area contributed by atoms with Gasteiger partial charge in [0.05, 0.1) is 13.2 Å². The molecule has 0 saturated heterocycles. The van der Waals surface area contributed by atoms with Gasteiger partial charge >= 0.3 is 13.8 Å². The van der Waals surface area contributed by atoms with E-state index in [0.717, 1.165) is 38.5 Å². The quantitative estimate of drug-likeness (QED) is 0.0155. The average molecular weight is 795 g/mol. The van der Waals surface area contributed by atoms with Crippen LogP contribution in [-0.2, 0) is 27.9 Å². The second-order valence-corrected chi connectivity index (χ2v) is 16.6. The van der Waals surface area contributed by atoms with Crippen LogP contribution in [0, 0.1) is 0 Å². The predicted molar refractivity (Wildman–Crippen MR) is 212 cm³/mol. The fraction of sp³-hybridized carbons (Fsp3) is 0.927. The molecule has 0 spiro atoms. The van der Waals surface area contributed by atoms with Crippen LogP contribution in [0.25, 0.3) is 0 Å². The molecule has 0 aromatic rings. The van der Waals surface area contributed by atoms with Gasteiger partial charge < -0.3 is 39.9 Å². The lowest BCUT2D eigenvalue weighted by Crippen LogP contribution is -2.64. The molecule has 0 aromatic heterocycles. The number of unbranched alkanes of at least 4 members (excludes halogenated alkanes) is 22. The molecular weight excluding hydrogens is 715 g/mol. The number of aliphatic hydroxyl groups is 5. The number of aliphatic hydroxyl groups excluding tert-OH is 5. The van der Waals surface area contributed by atoms with Gasteiger partial charge in [0, 0.05) is 13.0 Å². The number of esters is 1. The standard InChI is InChI=1S/C41H79O12P/c1-3-5-7-9-11-13-14-15-16-17-18-19-20-21-22-23-24-26-28-30-35(42)52-34(32-50-31-29-27-25-12-10-8-6-4-2)33-51-54(48,49)53-41-39(46)37(44)36(43)38(45)40(41)47/h15-16,34,36-41,43-47H,3-14,17-33H2,1-2H3,(H,48,49)/b16-15-. The monoisotopic (exact) mass is 795 g/mol. The molecule has 0 radical (unpaired) electrons. The summed E-state index contributed by atoms with van der Waals surface area (Å²) >= 11 is 0. The van der Waals surface area contributed by atoms with Crippen molar-refractivity contribution in [3.63, 3.8) is 0 Å². The highest BCUT2D eigenvalue weighted by Gasteiger charge is 2.51. The van der Waals surface area contributed by atoms with E-state index < -0.39 is 63.1 Å². The summed E-state index contributed by atoms with van der Waals surface area (Å²) in [6.07, 6.45) is 21.6. The number of ether oxygens (including phenoxy) is 2. The molecule has 1 fully saturated rings. The molecule has 54 heavy (non-hydrogen) atoms. The molecule has 1 aliphatic rings. The van der Waals surface area contributed by atoms with E-state index in [-0.39, 0.29) is 13.0 Å². The summed E-state index contributed by atoms with van der Waals surface area (Å²) in [5.41, 5.74) is 0. The number of carbonyl (C=O) groups excluding carboxylic acids is 1. The molecule has 6 unspecified atom stereocenters. The molecular formula is C41H79O12P. The number of allylic oxidation sites excluding steroid dienone is 2. The molecule has 0 aromatic carbocycles. The highest BCUT2D eigenvalue weighted by Crippen LogP contribution is 2.47. The van der Waals surface area contributed by atoms with Gasteiger partial charge in [-0.1, -0.05) is 148 Å². The predicted octanol–water partition coefficient (Wildman–Crippen LogP) is 7.97. The summed E-state index contributed by atoms with van der Waals surface area (Å²) in [5, 5.41) is 50.0. The lowest BCUT2D eigenvalue weighted by atomic mass is 9.85. The van der Waals surface area contributed by atoms with Gasteiger partial charge in [-0.3, -0.25) is 13.8 Å². The second kappa shape index (κ2) is 33.1. The molecule has 0 aliphatic heterocycles. The summed E-state index contributed by atoms with van der Waals surface area (Å²) < 4.78 is 34.0. The van der Waals surface area contributed by atoms with E-state index in [1.807, 2.05) is 0 Å². The number of hydrogen-bond acceptors (Lipinski definition) is 11. The van der Waals surface area contributed by atoms with Gasteiger partial charge in [0.25, 0.3) is 0 Å². The Morgan fingerprint density at radius 3 is 1.46 bits per heavy atom. The van der Waals surface area contributed by atoms with Crippen LogP contribution in [0.1, 0.15) is 181 Å². The zero-order valence-electron chi connectivity index (χ0n) is 33.8. The molecule has 1 saturated carbocycles. The molecule has 1 aliphatic carbocycles. The molecule has 12 nitrogen and oxygen atoms in total. The van der Waals surface area contributed by atoms with Crippen LogP contribution >= 0.6 is 7.82 Å². The van der Waals surface area contributed by atoms with Gasteiger partial charge in [-0.05, 0) is 38.5 Å². The number of carbonyl (C=O) groups is 1. The van der Waals surface area contributed by atoms with Gasteiger partial charge in [0.1, 0.15) is 42.7 Å². The van der Waals surface area contributed by atoms with Crippen molar-refractivity contribution in [1.82, 2.24) is 0 Å². The third-order valence-corrected chi connectivity index (χ3v) is 11.1. The van der Waals surface area contributed by atoms with E-state index in [2.05, 4.69) is 26.0 Å². The van der Waals surface area contributed by atoms with E-state index in [9.17, 15) is 39.8 Å². The van der Waals surface area contributed by atoms with Crippen molar-refractivity contribution in [2.45, 2.75) is 224 Å². The summed E-state index contributed by atoms with van der Waals surface area (Å²) in [4.78, 5) is 23.0. The first-order chi connectivity index (χ1) is 26.0. The van der Waals surface area contributed by atoms with Crippen molar-refractivity contribution in [2.24, 2.45) is 0 Å². The fourth-order valence-electron chi connectivity index (χ4n) is 6.64.